The fourth-order valence-electron chi connectivity index (χ4n) is 2.76. The molecule has 3 rings (SSSR count). The van der Waals surface area contributed by atoms with Gasteiger partial charge in [-0.05, 0) is 36.8 Å². The molecule has 3 aromatic rings. The second-order valence-electron chi connectivity index (χ2n) is 6.42. The summed E-state index contributed by atoms with van der Waals surface area (Å²) in [5.74, 6) is 1.12. The molecule has 0 bridgehead atoms. The summed E-state index contributed by atoms with van der Waals surface area (Å²) in [6, 6.07) is 18.1. The molecule has 1 amide bonds. The molecule has 1 aromatic heterocycles. The van der Waals surface area contributed by atoms with Crippen molar-refractivity contribution >= 4 is 5.91 Å². The van der Waals surface area contributed by atoms with Crippen LogP contribution in [0, 0.1) is 6.92 Å². The first-order valence-electron chi connectivity index (χ1n) is 9.24. The number of ether oxygens (including phenoxy) is 2. The van der Waals surface area contributed by atoms with Gasteiger partial charge in [-0.3, -0.25) is 9.59 Å². The lowest BCUT2D eigenvalue weighted by Gasteiger charge is -2.10. The quantitative estimate of drug-likeness (QED) is 0.636. The number of benzene rings is 2. The third-order valence-corrected chi connectivity index (χ3v) is 4.33. The van der Waals surface area contributed by atoms with Gasteiger partial charge in [0.05, 0.1) is 19.3 Å². The van der Waals surface area contributed by atoms with E-state index >= 15 is 0 Å². The number of carbonyl (C=O) groups is 1. The number of nitrogens with zero attached hydrogens (tertiary/aromatic N) is 2. The molecular weight excluding hydrogens is 370 g/mol. The summed E-state index contributed by atoms with van der Waals surface area (Å²) in [5.41, 5.74) is 2.22. The Morgan fingerprint density at radius 1 is 1.10 bits per heavy atom. The van der Waals surface area contributed by atoms with E-state index in [0.29, 0.717) is 17.2 Å². The van der Waals surface area contributed by atoms with E-state index in [9.17, 15) is 9.59 Å². The van der Waals surface area contributed by atoms with E-state index in [0.717, 1.165) is 11.1 Å². The predicted octanol–water partition coefficient (Wildman–Crippen LogP) is 2.42. The maximum absolute atomic E-state index is 12.1. The van der Waals surface area contributed by atoms with Crippen LogP contribution in [0.5, 0.6) is 11.5 Å². The van der Waals surface area contributed by atoms with Crippen LogP contribution in [0.25, 0.3) is 11.3 Å². The molecule has 2 aromatic carbocycles. The van der Waals surface area contributed by atoms with E-state index in [-0.39, 0.29) is 31.2 Å². The van der Waals surface area contributed by atoms with Gasteiger partial charge >= 0.3 is 0 Å². The molecule has 150 valence electrons. The number of methoxy groups -OCH3 is 1. The summed E-state index contributed by atoms with van der Waals surface area (Å²) in [7, 11) is 1.60. The lowest BCUT2D eigenvalue weighted by atomic mass is 10.1. The molecule has 29 heavy (non-hydrogen) atoms. The van der Waals surface area contributed by atoms with Gasteiger partial charge in [-0.1, -0.05) is 30.3 Å². The smallest absolute Gasteiger partial charge is 0.266 e. The van der Waals surface area contributed by atoms with Crippen molar-refractivity contribution in [2.45, 2.75) is 13.5 Å². The van der Waals surface area contributed by atoms with Crippen molar-refractivity contribution in [3.05, 3.63) is 76.6 Å². The number of rotatable bonds is 8. The minimum absolute atomic E-state index is 0.0863. The Morgan fingerprint density at radius 3 is 2.72 bits per heavy atom. The summed E-state index contributed by atoms with van der Waals surface area (Å²) in [4.78, 5) is 24.1. The van der Waals surface area contributed by atoms with Crippen LogP contribution >= 0.6 is 0 Å². The van der Waals surface area contributed by atoms with Crippen LogP contribution in [-0.2, 0) is 11.3 Å². The molecule has 0 fully saturated rings. The zero-order chi connectivity index (χ0) is 20.6. The van der Waals surface area contributed by atoms with Crippen molar-refractivity contribution in [1.82, 2.24) is 15.1 Å². The van der Waals surface area contributed by atoms with Crippen molar-refractivity contribution < 1.29 is 14.3 Å². The van der Waals surface area contributed by atoms with Crippen molar-refractivity contribution in [3.63, 3.8) is 0 Å². The molecule has 7 nitrogen and oxygen atoms in total. The molecular formula is C22H23N3O4. The van der Waals surface area contributed by atoms with Crippen LogP contribution in [-0.4, -0.2) is 35.9 Å². The predicted molar refractivity (Wildman–Crippen MR) is 110 cm³/mol. The van der Waals surface area contributed by atoms with Gasteiger partial charge in [-0.2, -0.15) is 5.10 Å². The third kappa shape index (κ3) is 5.44. The molecule has 0 radical (unpaired) electrons. The first-order valence-corrected chi connectivity index (χ1v) is 9.24. The molecule has 0 saturated carbocycles. The van der Waals surface area contributed by atoms with E-state index in [1.807, 2.05) is 55.5 Å². The highest BCUT2D eigenvalue weighted by Gasteiger charge is 2.07. The SMILES string of the molecule is COc1cccc(-c2ccc(=O)n(CCNC(=O)COc3ccccc3C)n2)c1. The van der Waals surface area contributed by atoms with Crippen LogP contribution in [0.2, 0.25) is 0 Å². The molecule has 0 unspecified atom stereocenters. The molecule has 0 aliphatic rings. The van der Waals surface area contributed by atoms with Crippen LogP contribution in [0.3, 0.4) is 0 Å². The Labute approximate surface area is 168 Å². The fourth-order valence-corrected chi connectivity index (χ4v) is 2.76. The normalized spacial score (nSPS) is 10.4. The maximum atomic E-state index is 12.1. The molecule has 0 aliphatic carbocycles. The average molecular weight is 393 g/mol. The Hall–Kier alpha value is -3.61. The van der Waals surface area contributed by atoms with Crippen LogP contribution < -0.4 is 20.3 Å². The van der Waals surface area contributed by atoms with Gasteiger partial charge in [0.25, 0.3) is 11.5 Å². The van der Waals surface area contributed by atoms with Crippen molar-refractivity contribution in [2.24, 2.45) is 0 Å². The highest BCUT2D eigenvalue weighted by molar-refractivity contribution is 5.77. The third-order valence-electron chi connectivity index (χ3n) is 4.33. The molecule has 1 heterocycles. The van der Waals surface area contributed by atoms with Crippen molar-refractivity contribution in [3.8, 4) is 22.8 Å². The summed E-state index contributed by atoms with van der Waals surface area (Å²) in [6.07, 6.45) is 0. The largest absolute Gasteiger partial charge is 0.497 e. The Morgan fingerprint density at radius 2 is 1.93 bits per heavy atom. The second kappa shape index (κ2) is 9.54. The van der Waals surface area contributed by atoms with E-state index in [1.54, 1.807) is 13.2 Å². The van der Waals surface area contributed by atoms with E-state index < -0.39 is 0 Å². The van der Waals surface area contributed by atoms with Crippen molar-refractivity contribution in [2.75, 3.05) is 20.3 Å². The van der Waals surface area contributed by atoms with Gasteiger partial charge in [0, 0.05) is 18.2 Å². The van der Waals surface area contributed by atoms with E-state index in [2.05, 4.69) is 10.4 Å². The van der Waals surface area contributed by atoms with E-state index in [4.69, 9.17) is 9.47 Å². The minimum atomic E-state index is -0.259. The van der Waals surface area contributed by atoms with Crippen LogP contribution in [0.15, 0.2) is 65.5 Å². The maximum Gasteiger partial charge on any atom is 0.266 e. The van der Waals surface area contributed by atoms with Gasteiger partial charge in [-0.25, -0.2) is 4.68 Å². The Balaban J connectivity index is 1.57. The molecule has 0 saturated heterocycles. The van der Waals surface area contributed by atoms with Gasteiger partial charge in [0.1, 0.15) is 11.5 Å². The average Bonchev–Trinajstić information content (AvgIpc) is 2.74. The Bertz CT molecular complexity index is 1050. The summed E-state index contributed by atoms with van der Waals surface area (Å²) in [6.45, 7) is 2.36. The zero-order valence-corrected chi connectivity index (χ0v) is 16.4. The van der Waals surface area contributed by atoms with Crippen LogP contribution in [0.4, 0.5) is 0 Å². The van der Waals surface area contributed by atoms with Gasteiger partial charge < -0.3 is 14.8 Å². The molecule has 0 aliphatic heterocycles. The number of amides is 1. The monoisotopic (exact) mass is 393 g/mol. The molecule has 7 heteroatoms. The highest BCUT2D eigenvalue weighted by Crippen LogP contribution is 2.21. The summed E-state index contributed by atoms with van der Waals surface area (Å²) < 4.78 is 12.1. The standard InChI is InChI=1S/C22H23N3O4/c1-16-6-3-4-9-20(16)29-15-21(26)23-12-13-25-22(27)11-10-19(24-25)17-7-5-8-18(14-17)28-2/h3-11,14H,12-13,15H2,1-2H3,(H,23,26). The molecule has 0 atom stereocenters. The summed E-state index contributed by atoms with van der Waals surface area (Å²) >= 11 is 0. The Kier molecular flexibility index (Phi) is 6.63. The topological polar surface area (TPSA) is 82.5 Å². The fraction of sp³-hybridized carbons (Fsp3) is 0.227. The molecule has 1 N–H and O–H groups in total. The minimum Gasteiger partial charge on any atom is -0.497 e. The molecule has 0 spiro atoms. The number of para-hydroxylation sites is 1. The van der Waals surface area contributed by atoms with Gasteiger partial charge in [0.15, 0.2) is 6.61 Å². The lowest BCUT2D eigenvalue weighted by Crippen LogP contribution is -2.34. The highest BCUT2D eigenvalue weighted by atomic mass is 16.5. The van der Waals surface area contributed by atoms with E-state index in [1.165, 1.54) is 10.7 Å². The van der Waals surface area contributed by atoms with Crippen molar-refractivity contribution in [1.29, 1.82) is 0 Å². The van der Waals surface area contributed by atoms with Crippen LogP contribution in [0.1, 0.15) is 5.56 Å². The number of nitrogens with one attached hydrogen (secondary N) is 1. The lowest BCUT2D eigenvalue weighted by molar-refractivity contribution is -0.123. The number of aromatic nitrogens is 2. The second-order valence-corrected chi connectivity index (χ2v) is 6.42. The first-order chi connectivity index (χ1) is 14.1. The zero-order valence-electron chi connectivity index (χ0n) is 16.4. The van der Waals surface area contributed by atoms with Gasteiger partial charge in [-0.15, -0.1) is 0 Å². The number of hydrogen-bond donors (Lipinski definition) is 1. The first kappa shape index (κ1) is 20.1. The van der Waals surface area contributed by atoms with Gasteiger partial charge in [0.2, 0.25) is 0 Å². The number of aryl methyl sites for hydroxylation is 1. The summed E-state index contributed by atoms with van der Waals surface area (Å²) in [5, 5.41) is 7.13. The number of hydrogen-bond acceptors (Lipinski definition) is 5. The number of carbonyl (C=O) groups excluding carboxylic acids is 1.